The maximum Gasteiger partial charge on any atom is 0.256 e. The van der Waals surface area contributed by atoms with Gasteiger partial charge in [0.05, 0.1) is 17.2 Å². The van der Waals surface area contributed by atoms with E-state index in [0.717, 1.165) is 16.4 Å². The average molecular weight is 335 g/mol. The molecule has 0 fully saturated rings. The number of benzene rings is 1. The molecule has 0 aliphatic heterocycles. The molecule has 0 saturated heterocycles. The molecule has 0 saturated carbocycles. The van der Waals surface area contributed by atoms with Crippen molar-refractivity contribution in [1.82, 2.24) is 25.1 Å². The van der Waals surface area contributed by atoms with Gasteiger partial charge in [-0.15, -0.1) is 0 Å². The van der Waals surface area contributed by atoms with Crippen LogP contribution in [0.1, 0.15) is 24.2 Å². The third-order valence-electron chi connectivity index (χ3n) is 3.71. The number of imidazole rings is 1. The summed E-state index contributed by atoms with van der Waals surface area (Å²) in [4.78, 5) is 24.4. The Kier molecular flexibility index (Phi) is 3.57. The number of H-pyrrole nitrogens is 2. The molecule has 0 bridgehead atoms. The zero-order valence-electron chi connectivity index (χ0n) is 13.8. The van der Waals surface area contributed by atoms with E-state index < -0.39 is 0 Å². The van der Waals surface area contributed by atoms with Crippen LogP contribution in [-0.2, 0) is 0 Å². The van der Waals surface area contributed by atoms with E-state index >= 15 is 0 Å². The number of pyridine rings is 1. The Bertz CT molecular complexity index is 1060. The number of carbonyl (C=O) groups excluding carboxylic acids is 1. The maximum atomic E-state index is 12.5. The zero-order chi connectivity index (χ0) is 17.4. The maximum absolute atomic E-state index is 12.5. The Morgan fingerprint density at radius 1 is 1.16 bits per heavy atom. The summed E-state index contributed by atoms with van der Waals surface area (Å²) in [7, 11) is 0. The van der Waals surface area contributed by atoms with E-state index in [4.69, 9.17) is 0 Å². The van der Waals surface area contributed by atoms with Gasteiger partial charge in [-0.2, -0.15) is 5.10 Å². The molecular weight excluding hydrogens is 318 g/mol. The lowest BCUT2D eigenvalue weighted by molar-refractivity contribution is 0.102. The lowest BCUT2D eigenvalue weighted by Crippen LogP contribution is -2.12. The van der Waals surface area contributed by atoms with E-state index in [1.54, 1.807) is 24.4 Å². The van der Waals surface area contributed by atoms with Crippen LogP contribution in [-0.4, -0.2) is 37.1 Å². The van der Waals surface area contributed by atoms with Crippen molar-refractivity contribution in [3.63, 3.8) is 0 Å². The molecule has 0 aliphatic carbocycles. The first-order chi connectivity index (χ1) is 12.1. The van der Waals surface area contributed by atoms with Gasteiger partial charge in [-0.25, -0.2) is 9.97 Å². The summed E-state index contributed by atoms with van der Waals surface area (Å²) in [5, 5.41) is 13.6. The van der Waals surface area contributed by atoms with Gasteiger partial charge in [0.25, 0.3) is 5.91 Å². The molecule has 3 aromatic heterocycles. The van der Waals surface area contributed by atoms with Crippen molar-refractivity contribution in [3.05, 3.63) is 42.1 Å². The molecule has 8 heteroatoms. The lowest BCUT2D eigenvalue weighted by Gasteiger charge is -2.04. The minimum Gasteiger partial charge on any atom is -0.354 e. The standard InChI is InChI=1S/C17H17N7O/c1-9(2)19-17-20-12-5-3-10(7-13(12)21-17)16(25)23-14-6-4-11-8-18-24-15(11)22-14/h3-9H,1-2H3,(H2,19,20,21)(H2,18,22,23,24,25). The van der Waals surface area contributed by atoms with E-state index in [0.29, 0.717) is 23.0 Å². The Hall–Kier alpha value is -3.42. The van der Waals surface area contributed by atoms with Crippen molar-refractivity contribution in [2.75, 3.05) is 10.6 Å². The van der Waals surface area contributed by atoms with Crippen molar-refractivity contribution in [3.8, 4) is 0 Å². The van der Waals surface area contributed by atoms with Gasteiger partial charge >= 0.3 is 0 Å². The number of hydrogen-bond acceptors (Lipinski definition) is 5. The minimum atomic E-state index is -0.235. The first kappa shape index (κ1) is 15.1. The van der Waals surface area contributed by atoms with E-state index in [-0.39, 0.29) is 11.9 Å². The molecule has 0 aliphatic rings. The van der Waals surface area contributed by atoms with Crippen LogP contribution in [0.3, 0.4) is 0 Å². The number of fused-ring (bicyclic) bond motifs is 2. The number of anilines is 2. The molecule has 8 nitrogen and oxygen atoms in total. The molecular formula is C17H17N7O. The summed E-state index contributed by atoms with van der Waals surface area (Å²) in [5.41, 5.74) is 2.76. The predicted molar refractivity (Wildman–Crippen MR) is 96.7 cm³/mol. The Morgan fingerprint density at radius 3 is 2.88 bits per heavy atom. The van der Waals surface area contributed by atoms with Gasteiger partial charge in [0.15, 0.2) is 5.65 Å². The number of nitrogens with zero attached hydrogens (tertiary/aromatic N) is 3. The molecule has 1 aromatic carbocycles. The van der Waals surface area contributed by atoms with Crippen LogP contribution < -0.4 is 10.6 Å². The Labute approximate surface area is 143 Å². The molecule has 0 radical (unpaired) electrons. The molecule has 0 spiro atoms. The lowest BCUT2D eigenvalue weighted by atomic mass is 10.2. The zero-order valence-corrected chi connectivity index (χ0v) is 13.8. The molecule has 126 valence electrons. The fourth-order valence-electron chi connectivity index (χ4n) is 2.58. The van der Waals surface area contributed by atoms with Gasteiger partial charge in [-0.05, 0) is 44.2 Å². The van der Waals surface area contributed by atoms with Gasteiger partial charge in [-0.3, -0.25) is 9.89 Å². The van der Waals surface area contributed by atoms with E-state index in [1.165, 1.54) is 0 Å². The minimum absolute atomic E-state index is 0.235. The van der Waals surface area contributed by atoms with Crippen molar-refractivity contribution in [1.29, 1.82) is 0 Å². The number of aromatic nitrogens is 5. The summed E-state index contributed by atoms with van der Waals surface area (Å²) >= 11 is 0. The molecule has 25 heavy (non-hydrogen) atoms. The molecule has 0 unspecified atom stereocenters. The number of nitrogens with one attached hydrogen (secondary N) is 4. The van der Waals surface area contributed by atoms with Gasteiger partial charge in [0, 0.05) is 17.0 Å². The topological polar surface area (TPSA) is 111 Å². The SMILES string of the molecule is CC(C)Nc1nc2ccc(C(=O)Nc3ccc4cn[nH]c4n3)cc2[nH]1. The second-order valence-electron chi connectivity index (χ2n) is 6.07. The van der Waals surface area contributed by atoms with Crippen LogP contribution in [0, 0.1) is 0 Å². The number of carbonyl (C=O) groups is 1. The number of aromatic amines is 2. The largest absolute Gasteiger partial charge is 0.354 e. The summed E-state index contributed by atoms with van der Waals surface area (Å²) < 4.78 is 0. The summed E-state index contributed by atoms with van der Waals surface area (Å²) in [6.45, 7) is 4.07. The normalized spacial score (nSPS) is 11.3. The monoisotopic (exact) mass is 335 g/mol. The molecule has 4 rings (SSSR count). The quantitative estimate of drug-likeness (QED) is 0.458. The van der Waals surface area contributed by atoms with Crippen molar-refractivity contribution < 1.29 is 4.79 Å². The van der Waals surface area contributed by atoms with Gasteiger partial charge in [-0.1, -0.05) is 0 Å². The second-order valence-corrected chi connectivity index (χ2v) is 6.07. The van der Waals surface area contributed by atoms with Crippen molar-refractivity contribution in [2.45, 2.75) is 19.9 Å². The highest BCUT2D eigenvalue weighted by Gasteiger charge is 2.11. The number of hydrogen-bond donors (Lipinski definition) is 4. The number of amides is 1. The average Bonchev–Trinajstić information content (AvgIpc) is 3.18. The Balaban J connectivity index is 1.58. The summed E-state index contributed by atoms with van der Waals surface area (Å²) in [6.07, 6.45) is 1.68. The molecule has 4 N–H and O–H groups in total. The van der Waals surface area contributed by atoms with Crippen LogP contribution in [0.4, 0.5) is 11.8 Å². The Morgan fingerprint density at radius 2 is 2.04 bits per heavy atom. The highest BCUT2D eigenvalue weighted by atomic mass is 16.1. The first-order valence-corrected chi connectivity index (χ1v) is 7.96. The fraction of sp³-hybridized carbons (Fsp3) is 0.176. The molecule has 1 amide bonds. The first-order valence-electron chi connectivity index (χ1n) is 7.96. The number of rotatable bonds is 4. The van der Waals surface area contributed by atoms with Crippen LogP contribution >= 0.6 is 0 Å². The third kappa shape index (κ3) is 3.01. The third-order valence-corrected chi connectivity index (χ3v) is 3.71. The van der Waals surface area contributed by atoms with E-state index in [9.17, 15) is 4.79 Å². The van der Waals surface area contributed by atoms with Crippen molar-refractivity contribution >= 4 is 39.7 Å². The molecule has 4 aromatic rings. The van der Waals surface area contributed by atoms with Crippen LogP contribution in [0.25, 0.3) is 22.1 Å². The predicted octanol–water partition coefficient (Wildman–Crippen LogP) is 2.91. The van der Waals surface area contributed by atoms with Crippen LogP contribution in [0.5, 0.6) is 0 Å². The molecule has 3 heterocycles. The van der Waals surface area contributed by atoms with Gasteiger partial charge in [0.1, 0.15) is 5.82 Å². The smallest absolute Gasteiger partial charge is 0.256 e. The van der Waals surface area contributed by atoms with Crippen molar-refractivity contribution in [2.24, 2.45) is 0 Å². The van der Waals surface area contributed by atoms with Crippen LogP contribution in [0.2, 0.25) is 0 Å². The van der Waals surface area contributed by atoms with Gasteiger partial charge < -0.3 is 15.6 Å². The van der Waals surface area contributed by atoms with E-state index in [1.807, 2.05) is 26.0 Å². The van der Waals surface area contributed by atoms with Gasteiger partial charge in [0.2, 0.25) is 5.95 Å². The summed E-state index contributed by atoms with van der Waals surface area (Å²) in [6, 6.07) is 9.20. The highest BCUT2D eigenvalue weighted by molar-refractivity contribution is 6.05. The second kappa shape index (κ2) is 5.90. The fourth-order valence-corrected chi connectivity index (χ4v) is 2.58. The molecule has 0 atom stereocenters. The van der Waals surface area contributed by atoms with E-state index in [2.05, 4.69) is 35.8 Å². The van der Waals surface area contributed by atoms with Crippen LogP contribution in [0.15, 0.2) is 36.5 Å². The highest BCUT2D eigenvalue weighted by Crippen LogP contribution is 2.18. The summed E-state index contributed by atoms with van der Waals surface area (Å²) in [5.74, 6) is 0.920.